The van der Waals surface area contributed by atoms with Crippen molar-refractivity contribution in [3.05, 3.63) is 36.3 Å². The molecule has 1 aromatic heterocycles. The number of hydrogen-bond donors (Lipinski definition) is 4. The van der Waals surface area contributed by atoms with Crippen LogP contribution in [0, 0.1) is 0 Å². The fourth-order valence-electron chi connectivity index (χ4n) is 2.53. The van der Waals surface area contributed by atoms with Crippen molar-refractivity contribution in [2.75, 3.05) is 23.8 Å². The maximum atomic E-state index is 12.3. The number of amides is 3. The Balaban J connectivity index is 2.02. The molecule has 0 atom stereocenters. The van der Waals surface area contributed by atoms with Crippen LogP contribution in [0.25, 0.3) is 0 Å². The minimum absolute atomic E-state index is 0.0547. The number of carbonyl (C=O) groups excluding carboxylic acids is 2. The van der Waals surface area contributed by atoms with E-state index < -0.39 is 24.1 Å². The van der Waals surface area contributed by atoms with E-state index in [4.69, 9.17) is 5.11 Å². The SMILES string of the molecule is CCCCn1cc(NC(=O)Nc2ccc(OC(F)(F)F)cc2)nc1C(=O)NCCCO. The Morgan fingerprint density at radius 2 is 1.87 bits per heavy atom. The second kappa shape index (κ2) is 11.2. The van der Waals surface area contributed by atoms with Crippen LogP contribution in [-0.4, -0.2) is 46.1 Å². The molecule has 0 saturated carbocycles. The number of aliphatic hydroxyl groups excluding tert-OH is 1. The van der Waals surface area contributed by atoms with Gasteiger partial charge in [0, 0.05) is 31.6 Å². The van der Waals surface area contributed by atoms with Crippen molar-refractivity contribution in [2.24, 2.45) is 0 Å². The van der Waals surface area contributed by atoms with Gasteiger partial charge in [-0.15, -0.1) is 13.2 Å². The van der Waals surface area contributed by atoms with Crippen LogP contribution in [0.4, 0.5) is 29.5 Å². The third kappa shape index (κ3) is 8.16. The van der Waals surface area contributed by atoms with Crippen LogP contribution in [0.1, 0.15) is 36.8 Å². The number of ether oxygens (including phenoxy) is 1. The highest BCUT2D eigenvalue weighted by molar-refractivity contribution is 5.99. The summed E-state index contributed by atoms with van der Waals surface area (Å²) >= 11 is 0. The molecule has 1 heterocycles. The summed E-state index contributed by atoms with van der Waals surface area (Å²) in [6.45, 7) is 2.75. The smallest absolute Gasteiger partial charge is 0.406 e. The number of halogens is 3. The van der Waals surface area contributed by atoms with Crippen LogP contribution < -0.4 is 20.7 Å². The summed E-state index contributed by atoms with van der Waals surface area (Å²) < 4.78 is 42.0. The first-order valence-electron chi connectivity index (χ1n) is 9.62. The van der Waals surface area contributed by atoms with Gasteiger partial charge in [0.25, 0.3) is 5.91 Å². The lowest BCUT2D eigenvalue weighted by Crippen LogP contribution is -2.28. The van der Waals surface area contributed by atoms with E-state index in [0.29, 0.717) is 13.0 Å². The van der Waals surface area contributed by atoms with Gasteiger partial charge in [0.1, 0.15) is 5.75 Å². The summed E-state index contributed by atoms with van der Waals surface area (Å²) in [5.74, 6) is -0.587. The van der Waals surface area contributed by atoms with Crippen molar-refractivity contribution in [1.29, 1.82) is 0 Å². The number of hydrogen-bond acceptors (Lipinski definition) is 5. The molecule has 0 aliphatic carbocycles. The molecule has 0 spiro atoms. The van der Waals surface area contributed by atoms with Crippen molar-refractivity contribution in [3.63, 3.8) is 0 Å². The average Bonchev–Trinajstić information content (AvgIpc) is 3.09. The largest absolute Gasteiger partial charge is 0.573 e. The molecule has 2 rings (SSSR count). The first-order valence-corrected chi connectivity index (χ1v) is 9.62. The predicted octanol–water partition coefficient (Wildman–Crippen LogP) is 3.34. The van der Waals surface area contributed by atoms with Crippen LogP contribution in [0.3, 0.4) is 0 Å². The Hall–Kier alpha value is -3.28. The Morgan fingerprint density at radius 1 is 1.16 bits per heavy atom. The topological polar surface area (TPSA) is 118 Å². The van der Waals surface area contributed by atoms with Crippen LogP contribution in [0.15, 0.2) is 30.5 Å². The molecular weight excluding hydrogens is 419 g/mol. The molecule has 31 heavy (non-hydrogen) atoms. The summed E-state index contributed by atoms with van der Waals surface area (Å²) in [4.78, 5) is 28.7. The van der Waals surface area contributed by atoms with Gasteiger partial charge in [-0.2, -0.15) is 0 Å². The number of anilines is 2. The number of benzene rings is 1. The summed E-state index contributed by atoms with van der Waals surface area (Å²) in [5, 5.41) is 16.4. The average molecular weight is 443 g/mol. The standard InChI is InChI=1S/C19H24F3N5O4/c1-2-3-10-27-12-15(25-16(27)17(29)23-9-4-11-28)26-18(30)24-13-5-7-14(8-6-13)31-19(20,21)22/h5-8,12,28H,2-4,9-11H2,1H3,(H,23,29)(H2,24,26,30). The lowest BCUT2D eigenvalue weighted by molar-refractivity contribution is -0.274. The minimum Gasteiger partial charge on any atom is -0.406 e. The molecule has 0 saturated heterocycles. The van der Waals surface area contributed by atoms with Gasteiger partial charge in [-0.1, -0.05) is 13.3 Å². The third-order valence-corrected chi connectivity index (χ3v) is 3.94. The predicted molar refractivity (Wildman–Crippen MR) is 107 cm³/mol. The number of aliphatic hydroxyl groups is 1. The Labute approximate surface area is 176 Å². The molecule has 12 heteroatoms. The fraction of sp³-hybridized carbons (Fsp3) is 0.421. The molecule has 3 amide bonds. The quantitative estimate of drug-likeness (QED) is 0.420. The van der Waals surface area contributed by atoms with E-state index in [0.717, 1.165) is 25.0 Å². The van der Waals surface area contributed by atoms with E-state index in [1.54, 1.807) is 4.57 Å². The second-order valence-corrected chi connectivity index (χ2v) is 6.48. The van der Waals surface area contributed by atoms with Gasteiger partial charge in [0.2, 0.25) is 5.82 Å². The molecule has 170 valence electrons. The molecule has 0 radical (unpaired) electrons. The molecule has 0 bridgehead atoms. The Bertz CT molecular complexity index is 868. The van der Waals surface area contributed by atoms with Crippen molar-refractivity contribution in [1.82, 2.24) is 14.9 Å². The first kappa shape index (κ1) is 24.0. The van der Waals surface area contributed by atoms with E-state index in [1.807, 2.05) is 6.92 Å². The maximum absolute atomic E-state index is 12.3. The van der Waals surface area contributed by atoms with E-state index >= 15 is 0 Å². The molecule has 0 aliphatic heterocycles. The van der Waals surface area contributed by atoms with Crippen LogP contribution in [0.5, 0.6) is 5.75 Å². The van der Waals surface area contributed by atoms with Crippen LogP contribution in [-0.2, 0) is 6.54 Å². The van der Waals surface area contributed by atoms with E-state index in [9.17, 15) is 22.8 Å². The van der Waals surface area contributed by atoms with Gasteiger partial charge in [-0.3, -0.25) is 10.1 Å². The van der Waals surface area contributed by atoms with Gasteiger partial charge in [-0.05, 0) is 37.1 Å². The van der Waals surface area contributed by atoms with Crippen molar-refractivity contribution < 1.29 is 32.6 Å². The number of unbranched alkanes of at least 4 members (excludes halogenated alkanes) is 1. The normalized spacial score (nSPS) is 11.1. The van der Waals surface area contributed by atoms with Crippen LogP contribution >= 0.6 is 0 Å². The zero-order valence-electron chi connectivity index (χ0n) is 16.8. The number of nitrogens with zero attached hydrogens (tertiary/aromatic N) is 2. The summed E-state index contributed by atoms with van der Waals surface area (Å²) in [6.07, 6.45) is -1.19. The number of alkyl halides is 3. The molecule has 0 fully saturated rings. The lowest BCUT2D eigenvalue weighted by atomic mass is 10.3. The van der Waals surface area contributed by atoms with Gasteiger partial charge < -0.3 is 25.0 Å². The van der Waals surface area contributed by atoms with Crippen LogP contribution in [0.2, 0.25) is 0 Å². The number of aromatic nitrogens is 2. The minimum atomic E-state index is -4.80. The highest BCUT2D eigenvalue weighted by atomic mass is 19.4. The molecule has 0 aliphatic rings. The monoisotopic (exact) mass is 443 g/mol. The number of carbonyl (C=O) groups is 2. The highest BCUT2D eigenvalue weighted by Crippen LogP contribution is 2.24. The molecule has 9 nitrogen and oxygen atoms in total. The highest BCUT2D eigenvalue weighted by Gasteiger charge is 2.31. The van der Waals surface area contributed by atoms with E-state index in [2.05, 4.69) is 25.7 Å². The molecule has 0 unspecified atom stereocenters. The third-order valence-electron chi connectivity index (χ3n) is 3.94. The number of imidazole rings is 1. The number of aryl methyl sites for hydroxylation is 1. The van der Waals surface area contributed by atoms with Crippen molar-refractivity contribution in [3.8, 4) is 5.75 Å². The van der Waals surface area contributed by atoms with Crippen molar-refractivity contribution in [2.45, 2.75) is 39.1 Å². The van der Waals surface area contributed by atoms with E-state index in [-0.39, 0.29) is 30.5 Å². The zero-order valence-corrected chi connectivity index (χ0v) is 16.8. The number of rotatable bonds is 10. The molecular formula is C19H24F3N5O4. The van der Waals surface area contributed by atoms with Gasteiger partial charge in [0.15, 0.2) is 5.82 Å². The molecule has 1 aromatic carbocycles. The van der Waals surface area contributed by atoms with Crippen molar-refractivity contribution >= 4 is 23.4 Å². The second-order valence-electron chi connectivity index (χ2n) is 6.48. The van der Waals surface area contributed by atoms with Gasteiger partial charge in [0.05, 0.1) is 0 Å². The Kier molecular flexibility index (Phi) is 8.67. The zero-order chi connectivity index (χ0) is 22.9. The first-order chi connectivity index (χ1) is 14.7. The van der Waals surface area contributed by atoms with E-state index in [1.165, 1.54) is 18.3 Å². The van der Waals surface area contributed by atoms with Gasteiger partial charge in [-0.25, -0.2) is 9.78 Å². The summed E-state index contributed by atoms with van der Waals surface area (Å²) in [7, 11) is 0. The summed E-state index contributed by atoms with van der Waals surface area (Å²) in [6, 6.07) is 3.95. The molecule has 2 aromatic rings. The fourth-order valence-corrected chi connectivity index (χ4v) is 2.53. The number of urea groups is 1. The Morgan fingerprint density at radius 3 is 2.48 bits per heavy atom. The van der Waals surface area contributed by atoms with Gasteiger partial charge >= 0.3 is 12.4 Å². The lowest BCUT2D eigenvalue weighted by Gasteiger charge is -2.10. The summed E-state index contributed by atoms with van der Waals surface area (Å²) in [5.41, 5.74) is 0.236. The number of nitrogens with one attached hydrogen (secondary N) is 3. The maximum Gasteiger partial charge on any atom is 0.573 e. The molecule has 4 N–H and O–H groups in total.